The number of likely N-dealkylation sites (tertiary alicyclic amines) is 1. The fraction of sp³-hybridized carbons (Fsp3) is 0.545. The summed E-state index contributed by atoms with van der Waals surface area (Å²) in [6, 6.07) is 0. The van der Waals surface area contributed by atoms with Crippen molar-refractivity contribution in [1.29, 1.82) is 0 Å². The predicted octanol–water partition coefficient (Wildman–Crippen LogP) is -1.29. The summed E-state index contributed by atoms with van der Waals surface area (Å²) in [5.74, 6) is -1.76. The number of nitrogens with zero attached hydrogens (tertiary/aromatic N) is 4. The molecule has 2 amide bonds. The third-order valence-electron chi connectivity index (χ3n) is 2.93. The highest BCUT2D eigenvalue weighted by molar-refractivity contribution is 5.94. The summed E-state index contributed by atoms with van der Waals surface area (Å²) in [7, 11) is 0. The highest BCUT2D eigenvalue weighted by Crippen LogP contribution is 2.06. The Hall–Kier alpha value is -2.45. The van der Waals surface area contributed by atoms with Gasteiger partial charge in [0, 0.05) is 13.1 Å². The van der Waals surface area contributed by atoms with Crippen molar-refractivity contribution in [3.05, 3.63) is 11.9 Å². The van der Waals surface area contributed by atoms with E-state index in [0.29, 0.717) is 0 Å². The minimum absolute atomic E-state index is 0.0135. The largest absolute Gasteiger partial charge is 0.480 e. The summed E-state index contributed by atoms with van der Waals surface area (Å²) >= 11 is 0. The lowest BCUT2D eigenvalue weighted by molar-refractivity contribution is -0.138. The molecule has 1 aliphatic rings. The van der Waals surface area contributed by atoms with Crippen molar-refractivity contribution in [3.63, 3.8) is 0 Å². The monoisotopic (exact) mass is 281 g/mol. The van der Waals surface area contributed by atoms with Gasteiger partial charge in [-0.2, -0.15) is 0 Å². The molecule has 0 aliphatic carbocycles. The molecule has 0 spiro atoms. The first-order valence-electron chi connectivity index (χ1n) is 6.24. The zero-order chi connectivity index (χ0) is 14.5. The van der Waals surface area contributed by atoms with Crippen LogP contribution in [0.5, 0.6) is 0 Å². The van der Waals surface area contributed by atoms with E-state index in [-0.39, 0.29) is 24.7 Å². The summed E-state index contributed by atoms with van der Waals surface area (Å²) in [5.41, 5.74) is -0.0135. The summed E-state index contributed by atoms with van der Waals surface area (Å²) < 4.78 is 1.04. The van der Waals surface area contributed by atoms with Gasteiger partial charge in [-0.3, -0.25) is 14.4 Å². The molecule has 2 rings (SSSR count). The first kappa shape index (κ1) is 14.0. The molecule has 9 heteroatoms. The lowest BCUT2D eigenvalue weighted by Gasteiger charge is -2.14. The van der Waals surface area contributed by atoms with Crippen molar-refractivity contribution in [2.24, 2.45) is 0 Å². The van der Waals surface area contributed by atoms with E-state index in [9.17, 15) is 14.4 Å². The number of rotatable bonds is 5. The Morgan fingerprint density at radius 2 is 2.00 bits per heavy atom. The van der Waals surface area contributed by atoms with Crippen molar-refractivity contribution in [2.45, 2.75) is 19.4 Å². The molecule has 0 bridgehead atoms. The number of carboxylic acid groups (broad SMARTS) is 1. The molecule has 2 N–H and O–H groups in total. The van der Waals surface area contributed by atoms with E-state index >= 15 is 0 Å². The van der Waals surface area contributed by atoms with Gasteiger partial charge < -0.3 is 15.3 Å². The van der Waals surface area contributed by atoms with E-state index in [0.717, 1.165) is 30.6 Å². The second kappa shape index (κ2) is 6.13. The SMILES string of the molecule is O=C(O)Cn1cc(C(=O)NCC(=O)N2CCCC2)nn1. The number of hydrogen-bond acceptors (Lipinski definition) is 5. The molecule has 1 saturated heterocycles. The number of carbonyl (C=O) groups excluding carboxylic acids is 2. The maximum atomic E-state index is 11.7. The van der Waals surface area contributed by atoms with Crippen LogP contribution in [0.4, 0.5) is 0 Å². The van der Waals surface area contributed by atoms with Gasteiger partial charge >= 0.3 is 5.97 Å². The molecule has 9 nitrogen and oxygen atoms in total. The Bertz CT molecular complexity index is 521. The van der Waals surface area contributed by atoms with Gasteiger partial charge in [0.05, 0.1) is 12.7 Å². The van der Waals surface area contributed by atoms with Crippen molar-refractivity contribution in [3.8, 4) is 0 Å². The van der Waals surface area contributed by atoms with Gasteiger partial charge in [0.15, 0.2) is 5.69 Å². The normalized spacial score (nSPS) is 14.3. The highest BCUT2D eigenvalue weighted by Gasteiger charge is 2.19. The van der Waals surface area contributed by atoms with Gasteiger partial charge in [-0.15, -0.1) is 5.10 Å². The number of carboxylic acids is 1. The second-order valence-corrected chi connectivity index (χ2v) is 4.47. The van der Waals surface area contributed by atoms with E-state index in [4.69, 9.17) is 5.11 Å². The van der Waals surface area contributed by atoms with Crippen LogP contribution in [-0.4, -0.2) is 62.4 Å². The zero-order valence-corrected chi connectivity index (χ0v) is 10.8. The number of nitrogens with one attached hydrogen (secondary N) is 1. The molecular formula is C11H15N5O4. The molecule has 2 heterocycles. The molecule has 1 aromatic heterocycles. The molecule has 1 fully saturated rings. The van der Waals surface area contributed by atoms with Gasteiger partial charge in [0.25, 0.3) is 5.91 Å². The summed E-state index contributed by atoms with van der Waals surface area (Å²) in [6.45, 7) is 0.991. The molecule has 0 unspecified atom stereocenters. The topological polar surface area (TPSA) is 117 Å². The van der Waals surface area contributed by atoms with Gasteiger partial charge in [-0.1, -0.05) is 5.21 Å². The first-order valence-corrected chi connectivity index (χ1v) is 6.24. The molecule has 0 aromatic carbocycles. The average Bonchev–Trinajstić information content (AvgIpc) is 3.05. The summed E-state index contributed by atoms with van der Waals surface area (Å²) in [6.07, 6.45) is 3.20. The van der Waals surface area contributed by atoms with Gasteiger partial charge in [0.1, 0.15) is 6.54 Å². The molecule has 0 atom stereocenters. The van der Waals surface area contributed by atoms with E-state index in [1.807, 2.05) is 0 Å². The number of carbonyl (C=O) groups is 3. The highest BCUT2D eigenvalue weighted by atomic mass is 16.4. The molecule has 0 saturated carbocycles. The van der Waals surface area contributed by atoms with E-state index < -0.39 is 11.9 Å². The van der Waals surface area contributed by atoms with Crippen LogP contribution >= 0.6 is 0 Å². The molecule has 108 valence electrons. The lowest BCUT2D eigenvalue weighted by atomic mass is 10.4. The lowest BCUT2D eigenvalue weighted by Crippen LogP contribution is -2.38. The first-order chi connectivity index (χ1) is 9.56. The van der Waals surface area contributed by atoms with Crippen LogP contribution in [0.2, 0.25) is 0 Å². The molecular weight excluding hydrogens is 266 g/mol. The Kier molecular flexibility index (Phi) is 4.28. The van der Waals surface area contributed by atoms with Crippen LogP contribution in [0.25, 0.3) is 0 Å². The maximum absolute atomic E-state index is 11.7. The Labute approximate surface area is 114 Å². The zero-order valence-electron chi connectivity index (χ0n) is 10.8. The molecule has 1 aliphatic heterocycles. The standard InChI is InChI=1S/C11H15N5O4/c17-9(15-3-1-2-4-15)5-12-11(20)8-6-16(14-13-8)7-10(18)19/h6H,1-5,7H2,(H,12,20)(H,18,19). The van der Waals surface area contributed by atoms with Crippen LogP contribution in [0.1, 0.15) is 23.3 Å². The van der Waals surface area contributed by atoms with E-state index in [1.54, 1.807) is 4.90 Å². The third kappa shape index (κ3) is 3.53. The van der Waals surface area contributed by atoms with Crippen molar-refractivity contribution in [1.82, 2.24) is 25.2 Å². The van der Waals surface area contributed by atoms with E-state index in [1.165, 1.54) is 6.20 Å². The smallest absolute Gasteiger partial charge is 0.325 e. The Morgan fingerprint density at radius 1 is 1.30 bits per heavy atom. The van der Waals surface area contributed by atoms with Crippen LogP contribution in [0.15, 0.2) is 6.20 Å². The van der Waals surface area contributed by atoms with Crippen molar-refractivity contribution < 1.29 is 19.5 Å². The van der Waals surface area contributed by atoms with Crippen LogP contribution in [0, 0.1) is 0 Å². The van der Waals surface area contributed by atoms with E-state index in [2.05, 4.69) is 15.6 Å². The quantitative estimate of drug-likeness (QED) is 0.693. The van der Waals surface area contributed by atoms with Crippen LogP contribution < -0.4 is 5.32 Å². The summed E-state index contributed by atoms with van der Waals surface area (Å²) in [4.78, 5) is 35.6. The van der Waals surface area contributed by atoms with Crippen LogP contribution in [0.3, 0.4) is 0 Å². The molecule has 0 radical (unpaired) electrons. The van der Waals surface area contributed by atoms with Gasteiger partial charge in [0.2, 0.25) is 5.91 Å². The predicted molar refractivity (Wildman–Crippen MR) is 65.8 cm³/mol. The molecule has 1 aromatic rings. The number of aromatic nitrogens is 3. The minimum Gasteiger partial charge on any atom is -0.480 e. The summed E-state index contributed by atoms with van der Waals surface area (Å²) in [5, 5.41) is 18.1. The Balaban J connectivity index is 1.83. The molecule has 20 heavy (non-hydrogen) atoms. The third-order valence-corrected chi connectivity index (χ3v) is 2.93. The van der Waals surface area contributed by atoms with Crippen molar-refractivity contribution >= 4 is 17.8 Å². The maximum Gasteiger partial charge on any atom is 0.325 e. The average molecular weight is 281 g/mol. The van der Waals surface area contributed by atoms with Gasteiger partial charge in [-0.05, 0) is 12.8 Å². The number of hydrogen-bond donors (Lipinski definition) is 2. The van der Waals surface area contributed by atoms with Crippen LogP contribution in [-0.2, 0) is 16.1 Å². The number of aliphatic carboxylic acids is 1. The fourth-order valence-electron chi connectivity index (χ4n) is 1.94. The fourth-order valence-corrected chi connectivity index (χ4v) is 1.94. The number of amides is 2. The minimum atomic E-state index is -1.08. The van der Waals surface area contributed by atoms with Gasteiger partial charge in [-0.25, -0.2) is 4.68 Å². The van der Waals surface area contributed by atoms with Crippen molar-refractivity contribution in [2.75, 3.05) is 19.6 Å². The second-order valence-electron chi connectivity index (χ2n) is 4.47. The Morgan fingerprint density at radius 3 is 2.65 bits per heavy atom.